The smallest absolute Gasteiger partial charge is 0.328 e. The minimum Gasteiger partial charge on any atom is -0.328 e. The van der Waals surface area contributed by atoms with Crippen LogP contribution in [-0.2, 0) is 13.0 Å². The van der Waals surface area contributed by atoms with E-state index in [1.165, 1.54) is 17.3 Å². The summed E-state index contributed by atoms with van der Waals surface area (Å²) in [6, 6.07) is 8.38. The fourth-order valence-electron chi connectivity index (χ4n) is 1.97. The Morgan fingerprint density at radius 1 is 1.40 bits per heavy atom. The quantitative estimate of drug-likeness (QED) is 0.854. The number of benzene rings is 1. The lowest BCUT2D eigenvalue weighted by atomic mass is 10.1. The molecule has 20 heavy (non-hydrogen) atoms. The summed E-state index contributed by atoms with van der Waals surface area (Å²) in [6.07, 6.45) is 1.77. The topological polar surface area (TPSA) is 76.7 Å². The summed E-state index contributed by atoms with van der Waals surface area (Å²) in [5.41, 5.74) is 6.85. The van der Waals surface area contributed by atoms with Crippen LogP contribution >= 0.6 is 11.8 Å². The number of rotatable bonds is 6. The number of nitrogens with one attached hydrogen (secondary N) is 1. The largest absolute Gasteiger partial charge is 0.343 e. The Bertz CT molecular complexity index is 600. The molecule has 0 saturated carbocycles. The first kappa shape index (κ1) is 14.9. The molecule has 5 nitrogen and oxygen atoms in total. The van der Waals surface area contributed by atoms with Crippen molar-refractivity contribution >= 4 is 11.8 Å². The van der Waals surface area contributed by atoms with Crippen molar-refractivity contribution in [2.45, 2.75) is 49.3 Å². The van der Waals surface area contributed by atoms with Crippen molar-refractivity contribution in [3.05, 3.63) is 40.3 Å². The van der Waals surface area contributed by atoms with Crippen LogP contribution in [-0.4, -0.2) is 20.8 Å². The number of nitrogens with zero attached hydrogens (tertiary/aromatic N) is 2. The second-order valence-electron chi connectivity index (χ2n) is 4.89. The molecule has 1 aromatic heterocycles. The van der Waals surface area contributed by atoms with Crippen LogP contribution in [0.25, 0.3) is 0 Å². The van der Waals surface area contributed by atoms with Gasteiger partial charge in [-0.1, -0.05) is 19.1 Å². The van der Waals surface area contributed by atoms with Gasteiger partial charge in [0, 0.05) is 17.5 Å². The predicted molar refractivity (Wildman–Crippen MR) is 81.1 cm³/mol. The number of hydrogen-bond acceptors (Lipinski definition) is 4. The molecule has 0 fully saturated rings. The molecule has 0 saturated heterocycles. The standard InChI is InChI=1S/C14H20N4OS/c1-3-8-18-13(19)16-17-14(18)20-12-6-4-11(5-7-12)9-10(2)15/h4-7,10H,3,8-9,15H2,1-2H3,(H,16,19). The SMILES string of the molecule is CCCn1c(Sc2ccc(CC(C)N)cc2)n[nH]c1=O. The Kier molecular flexibility index (Phi) is 5.03. The van der Waals surface area contributed by atoms with Crippen LogP contribution in [0.15, 0.2) is 39.1 Å². The maximum absolute atomic E-state index is 11.6. The summed E-state index contributed by atoms with van der Waals surface area (Å²) in [7, 11) is 0. The minimum atomic E-state index is -0.150. The van der Waals surface area contributed by atoms with Gasteiger partial charge < -0.3 is 5.73 Å². The number of H-pyrrole nitrogens is 1. The Morgan fingerprint density at radius 2 is 2.10 bits per heavy atom. The Hall–Kier alpha value is -1.53. The van der Waals surface area contributed by atoms with E-state index in [9.17, 15) is 4.79 Å². The average Bonchev–Trinajstić information content (AvgIpc) is 2.74. The fourth-order valence-corrected chi connectivity index (χ4v) is 2.83. The molecule has 1 aromatic carbocycles. The third kappa shape index (κ3) is 3.74. The van der Waals surface area contributed by atoms with Crippen LogP contribution in [0.5, 0.6) is 0 Å². The highest BCUT2D eigenvalue weighted by molar-refractivity contribution is 7.99. The first-order valence-corrected chi connectivity index (χ1v) is 7.59. The van der Waals surface area contributed by atoms with Gasteiger partial charge in [-0.15, -0.1) is 5.10 Å². The maximum Gasteiger partial charge on any atom is 0.343 e. The van der Waals surface area contributed by atoms with Gasteiger partial charge in [0.25, 0.3) is 0 Å². The summed E-state index contributed by atoms with van der Waals surface area (Å²) in [4.78, 5) is 12.7. The third-order valence-corrected chi connectivity index (χ3v) is 3.86. The van der Waals surface area contributed by atoms with Gasteiger partial charge in [-0.3, -0.25) is 4.57 Å². The van der Waals surface area contributed by atoms with E-state index < -0.39 is 0 Å². The normalized spacial score (nSPS) is 12.6. The van der Waals surface area contributed by atoms with Crippen molar-refractivity contribution in [2.75, 3.05) is 0 Å². The van der Waals surface area contributed by atoms with Crippen molar-refractivity contribution in [3.8, 4) is 0 Å². The lowest BCUT2D eigenvalue weighted by Gasteiger charge is -2.07. The van der Waals surface area contributed by atoms with Gasteiger partial charge in [0.2, 0.25) is 0 Å². The van der Waals surface area contributed by atoms with E-state index in [0.717, 1.165) is 17.7 Å². The molecule has 3 N–H and O–H groups in total. The van der Waals surface area contributed by atoms with Crippen LogP contribution in [0.3, 0.4) is 0 Å². The first-order valence-electron chi connectivity index (χ1n) is 6.77. The molecule has 0 radical (unpaired) electrons. The first-order chi connectivity index (χ1) is 9.60. The van der Waals surface area contributed by atoms with Crippen molar-refractivity contribution in [1.82, 2.24) is 14.8 Å². The lowest BCUT2D eigenvalue weighted by Crippen LogP contribution is -2.17. The van der Waals surface area contributed by atoms with Crippen molar-refractivity contribution in [1.29, 1.82) is 0 Å². The Morgan fingerprint density at radius 3 is 2.70 bits per heavy atom. The van der Waals surface area contributed by atoms with Gasteiger partial charge in [0.15, 0.2) is 5.16 Å². The van der Waals surface area contributed by atoms with E-state index in [1.807, 2.05) is 26.0 Å². The molecule has 1 unspecified atom stereocenters. The molecule has 0 amide bonds. The van der Waals surface area contributed by atoms with Crippen LogP contribution in [0.4, 0.5) is 0 Å². The molecule has 0 aliphatic heterocycles. The maximum atomic E-state index is 11.6. The number of hydrogen-bond donors (Lipinski definition) is 2. The van der Waals surface area contributed by atoms with Crippen LogP contribution in [0, 0.1) is 0 Å². The number of nitrogens with two attached hydrogens (primary N) is 1. The molecule has 108 valence electrons. The molecule has 0 aliphatic rings. The average molecular weight is 292 g/mol. The van der Waals surface area contributed by atoms with Crippen molar-refractivity contribution in [3.63, 3.8) is 0 Å². The number of aromatic nitrogens is 3. The Labute approximate surface area is 122 Å². The van der Waals surface area contributed by atoms with Gasteiger partial charge >= 0.3 is 5.69 Å². The molecule has 2 rings (SSSR count). The zero-order chi connectivity index (χ0) is 14.5. The second-order valence-corrected chi connectivity index (χ2v) is 5.93. The summed E-state index contributed by atoms with van der Waals surface area (Å²) in [5.74, 6) is 0. The van der Waals surface area contributed by atoms with Gasteiger partial charge in [-0.25, -0.2) is 9.89 Å². The minimum absolute atomic E-state index is 0.150. The van der Waals surface area contributed by atoms with Crippen LogP contribution in [0.1, 0.15) is 25.8 Å². The molecule has 1 atom stereocenters. The Balaban J connectivity index is 2.12. The summed E-state index contributed by atoms with van der Waals surface area (Å²) in [6.45, 7) is 4.72. The summed E-state index contributed by atoms with van der Waals surface area (Å²) < 4.78 is 1.67. The summed E-state index contributed by atoms with van der Waals surface area (Å²) >= 11 is 1.49. The highest BCUT2D eigenvalue weighted by Gasteiger charge is 2.09. The predicted octanol–water partition coefficient (Wildman–Crippen LogP) is 2.02. The summed E-state index contributed by atoms with van der Waals surface area (Å²) in [5, 5.41) is 7.27. The molecular weight excluding hydrogens is 272 g/mol. The number of aromatic amines is 1. The third-order valence-electron chi connectivity index (χ3n) is 2.86. The molecule has 0 bridgehead atoms. The van der Waals surface area contributed by atoms with Crippen LogP contribution in [0.2, 0.25) is 0 Å². The van der Waals surface area contributed by atoms with Crippen molar-refractivity contribution < 1.29 is 0 Å². The molecule has 0 aliphatic carbocycles. The fraction of sp³-hybridized carbons (Fsp3) is 0.429. The molecule has 6 heteroatoms. The highest BCUT2D eigenvalue weighted by Crippen LogP contribution is 2.25. The second kappa shape index (κ2) is 6.76. The zero-order valence-electron chi connectivity index (χ0n) is 11.8. The molecule has 1 heterocycles. The van der Waals surface area contributed by atoms with E-state index in [1.54, 1.807) is 4.57 Å². The van der Waals surface area contributed by atoms with Gasteiger partial charge in [-0.05, 0) is 49.2 Å². The van der Waals surface area contributed by atoms with E-state index in [0.29, 0.717) is 11.7 Å². The monoisotopic (exact) mass is 292 g/mol. The van der Waals surface area contributed by atoms with E-state index in [-0.39, 0.29) is 11.7 Å². The van der Waals surface area contributed by atoms with E-state index in [4.69, 9.17) is 5.73 Å². The lowest BCUT2D eigenvalue weighted by molar-refractivity contribution is 0.604. The van der Waals surface area contributed by atoms with Crippen LogP contribution < -0.4 is 11.4 Å². The zero-order valence-corrected chi connectivity index (χ0v) is 12.6. The molecule has 0 spiro atoms. The molecule has 2 aromatic rings. The van der Waals surface area contributed by atoms with E-state index >= 15 is 0 Å². The highest BCUT2D eigenvalue weighted by atomic mass is 32.2. The van der Waals surface area contributed by atoms with Gasteiger partial charge in [0.1, 0.15) is 0 Å². The van der Waals surface area contributed by atoms with Gasteiger partial charge in [0.05, 0.1) is 0 Å². The van der Waals surface area contributed by atoms with Crippen molar-refractivity contribution in [2.24, 2.45) is 5.73 Å². The molecular formula is C14H20N4OS. The van der Waals surface area contributed by atoms with Gasteiger partial charge in [-0.2, -0.15) is 0 Å². The van der Waals surface area contributed by atoms with E-state index in [2.05, 4.69) is 22.3 Å².